The first kappa shape index (κ1) is 21.0. The van der Waals surface area contributed by atoms with Crippen LogP contribution >= 0.6 is 0 Å². The number of hydrogen-bond acceptors (Lipinski definition) is 7. The van der Waals surface area contributed by atoms with Gasteiger partial charge in [0, 0.05) is 13.1 Å². The minimum atomic E-state index is 0.268. The van der Waals surface area contributed by atoms with Crippen LogP contribution in [0.15, 0.2) is 30.5 Å². The van der Waals surface area contributed by atoms with E-state index in [0.717, 1.165) is 44.3 Å². The Morgan fingerprint density at radius 3 is 2.66 bits per heavy atom. The van der Waals surface area contributed by atoms with E-state index in [2.05, 4.69) is 45.7 Å². The van der Waals surface area contributed by atoms with Gasteiger partial charge in [-0.25, -0.2) is 9.82 Å². The molecule has 0 radical (unpaired) electrons. The van der Waals surface area contributed by atoms with Gasteiger partial charge in [0.2, 0.25) is 11.8 Å². The summed E-state index contributed by atoms with van der Waals surface area (Å²) in [5.74, 6) is 2.13. The van der Waals surface area contributed by atoms with Gasteiger partial charge in [-0.15, -0.1) is 0 Å². The van der Waals surface area contributed by atoms with Crippen molar-refractivity contribution in [2.45, 2.75) is 39.2 Å². The second kappa shape index (κ2) is 10.2. The maximum atomic E-state index is 12.0. The summed E-state index contributed by atoms with van der Waals surface area (Å²) in [6.07, 6.45) is 6.08. The second-order valence-electron chi connectivity index (χ2n) is 7.71. The molecule has 0 spiro atoms. The molecule has 8 nitrogen and oxygen atoms in total. The largest absolute Gasteiger partial charge is 0.376 e. The van der Waals surface area contributed by atoms with E-state index in [4.69, 9.17) is 10.6 Å². The highest BCUT2D eigenvalue weighted by atomic mass is 16.8. The van der Waals surface area contributed by atoms with Crippen LogP contribution in [-0.4, -0.2) is 35.1 Å². The molecular formula is C21H31N6O2+. The van der Waals surface area contributed by atoms with E-state index in [1.54, 1.807) is 0 Å². The van der Waals surface area contributed by atoms with E-state index < -0.39 is 0 Å². The molecule has 0 aliphatic heterocycles. The highest BCUT2D eigenvalue weighted by Gasteiger charge is 2.26. The number of aromatic nitrogens is 2. The first-order chi connectivity index (χ1) is 14.1. The van der Waals surface area contributed by atoms with Crippen molar-refractivity contribution in [3.8, 4) is 0 Å². The van der Waals surface area contributed by atoms with Crippen molar-refractivity contribution in [2.24, 2.45) is 17.6 Å². The van der Waals surface area contributed by atoms with Crippen molar-refractivity contribution in [2.75, 3.05) is 30.8 Å². The lowest BCUT2D eigenvalue weighted by atomic mass is 9.82. The van der Waals surface area contributed by atoms with Crippen LogP contribution in [0, 0.1) is 23.7 Å². The minimum Gasteiger partial charge on any atom is -0.364 e. The quantitative estimate of drug-likeness (QED) is 0.554. The lowest BCUT2D eigenvalue weighted by Crippen LogP contribution is -2.25. The zero-order chi connectivity index (χ0) is 20.6. The number of nitrogens with two attached hydrogens (primary N) is 1. The fourth-order valence-electron chi connectivity index (χ4n) is 3.74. The number of hydrogen-bond donors (Lipinski definition) is 3. The lowest BCUT2D eigenvalue weighted by molar-refractivity contribution is -0.736. The van der Waals surface area contributed by atoms with E-state index in [1.165, 1.54) is 18.9 Å². The average molecular weight is 400 g/mol. The number of benzene rings is 1. The molecule has 0 atom stereocenters. The molecule has 29 heavy (non-hydrogen) atoms. The predicted molar refractivity (Wildman–Crippen MR) is 114 cm³/mol. The molecule has 1 heterocycles. The summed E-state index contributed by atoms with van der Waals surface area (Å²) in [5.41, 5.74) is 8.40. The van der Waals surface area contributed by atoms with Crippen LogP contribution in [0.4, 0.5) is 17.5 Å². The zero-order valence-corrected chi connectivity index (χ0v) is 17.2. The Bertz CT molecular complexity index is 821. The number of nitrogens with one attached hydrogen (secondary N) is 2. The van der Waals surface area contributed by atoms with Gasteiger partial charge in [-0.3, -0.25) is 0 Å². The standard InChI is InChI=1S/C21H31N6O2/c1-15-4-3-5-18(10-15)13-24-21-25-14-19(27(28)29-2)20(26-21)23-12-17-8-6-16(11-22)7-9-17/h3-5,10,14,16-17H,6-9,11-13,22H2,1-2H3,(H2,23,24,25,26)/q+1. The molecule has 3 rings (SSSR count). The highest BCUT2D eigenvalue weighted by molar-refractivity contribution is 5.56. The third kappa shape index (κ3) is 5.87. The Hall–Kier alpha value is -2.74. The Morgan fingerprint density at radius 1 is 1.21 bits per heavy atom. The SMILES string of the molecule is CO[N+](=O)c1cnc(NCc2cccc(C)c2)nc1NCC1CCC(CN)CC1. The molecule has 0 unspecified atom stereocenters. The molecule has 2 aromatic rings. The summed E-state index contributed by atoms with van der Waals surface area (Å²) in [5, 5.41) is 6.56. The van der Waals surface area contributed by atoms with E-state index in [0.29, 0.717) is 35.1 Å². The summed E-state index contributed by atoms with van der Waals surface area (Å²) in [7, 11) is 1.33. The Morgan fingerprint density at radius 2 is 1.97 bits per heavy atom. The number of aryl methyl sites for hydroxylation is 1. The van der Waals surface area contributed by atoms with Crippen molar-refractivity contribution >= 4 is 17.5 Å². The average Bonchev–Trinajstić information content (AvgIpc) is 2.76. The van der Waals surface area contributed by atoms with Crippen molar-refractivity contribution < 1.29 is 9.76 Å². The molecule has 1 aliphatic carbocycles. The summed E-state index contributed by atoms with van der Waals surface area (Å²) in [6, 6.07) is 8.25. The van der Waals surface area contributed by atoms with Gasteiger partial charge in [-0.1, -0.05) is 29.8 Å². The minimum absolute atomic E-state index is 0.268. The highest BCUT2D eigenvalue weighted by Crippen LogP contribution is 2.29. The normalized spacial score (nSPS) is 18.9. The molecular weight excluding hydrogens is 368 g/mol. The Kier molecular flexibility index (Phi) is 7.35. The molecule has 1 aromatic heterocycles. The summed E-state index contributed by atoms with van der Waals surface area (Å²) in [4.78, 5) is 26.1. The van der Waals surface area contributed by atoms with Crippen LogP contribution in [0.5, 0.6) is 0 Å². The van der Waals surface area contributed by atoms with Gasteiger partial charge in [0.05, 0.1) is 4.91 Å². The van der Waals surface area contributed by atoms with Crippen LogP contribution in [0.3, 0.4) is 0 Å². The third-order valence-electron chi connectivity index (χ3n) is 5.52. The maximum Gasteiger partial charge on any atom is 0.376 e. The van der Waals surface area contributed by atoms with E-state index >= 15 is 0 Å². The van der Waals surface area contributed by atoms with Gasteiger partial charge >= 0.3 is 5.69 Å². The Balaban J connectivity index is 1.66. The van der Waals surface area contributed by atoms with Crippen molar-refractivity contribution in [3.05, 3.63) is 46.5 Å². The van der Waals surface area contributed by atoms with Crippen LogP contribution in [-0.2, 0) is 11.4 Å². The van der Waals surface area contributed by atoms with E-state index in [-0.39, 0.29) is 5.69 Å². The molecule has 0 bridgehead atoms. The molecule has 1 aliphatic rings. The van der Waals surface area contributed by atoms with Crippen LogP contribution in [0.25, 0.3) is 0 Å². The van der Waals surface area contributed by atoms with E-state index in [9.17, 15) is 4.91 Å². The van der Waals surface area contributed by atoms with Crippen molar-refractivity contribution in [1.29, 1.82) is 0 Å². The van der Waals surface area contributed by atoms with Gasteiger partial charge < -0.3 is 16.4 Å². The molecule has 1 aromatic carbocycles. The molecule has 156 valence electrons. The maximum absolute atomic E-state index is 12.0. The van der Waals surface area contributed by atoms with Gasteiger partial charge in [0.1, 0.15) is 6.20 Å². The van der Waals surface area contributed by atoms with E-state index in [1.807, 2.05) is 6.07 Å². The molecule has 1 saturated carbocycles. The topological polar surface area (TPSA) is 105 Å². The van der Waals surface area contributed by atoms with Crippen LogP contribution in [0.1, 0.15) is 36.8 Å². The molecule has 4 N–H and O–H groups in total. The summed E-state index contributed by atoms with van der Waals surface area (Å²) < 4.78 is 0. The molecule has 1 fully saturated rings. The van der Waals surface area contributed by atoms with Gasteiger partial charge in [-0.2, -0.15) is 4.98 Å². The zero-order valence-electron chi connectivity index (χ0n) is 17.2. The van der Waals surface area contributed by atoms with Crippen molar-refractivity contribution in [1.82, 2.24) is 9.97 Å². The predicted octanol–water partition coefficient (Wildman–Crippen LogP) is 3.55. The van der Waals surface area contributed by atoms with Crippen molar-refractivity contribution in [3.63, 3.8) is 0 Å². The van der Waals surface area contributed by atoms with Crippen LogP contribution < -0.4 is 16.4 Å². The lowest BCUT2D eigenvalue weighted by Gasteiger charge is -2.27. The Labute approximate surface area is 171 Å². The van der Waals surface area contributed by atoms with Crippen LogP contribution in [0.2, 0.25) is 0 Å². The van der Waals surface area contributed by atoms with Gasteiger partial charge in [0.25, 0.3) is 4.92 Å². The monoisotopic (exact) mass is 399 g/mol. The first-order valence-corrected chi connectivity index (χ1v) is 10.2. The smallest absolute Gasteiger partial charge is 0.364 e. The number of nitrogens with zero attached hydrogens (tertiary/aromatic N) is 3. The molecule has 0 saturated heterocycles. The fraction of sp³-hybridized carbons (Fsp3) is 0.524. The fourth-order valence-corrected chi connectivity index (χ4v) is 3.74. The number of rotatable bonds is 9. The molecule has 0 amide bonds. The summed E-state index contributed by atoms with van der Waals surface area (Å²) >= 11 is 0. The third-order valence-corrected chi connectivity index (χ3v) is 5.52. The second-order valence-corrected chi connectivity index (χ2v) is 7.71. The van der Waals surface area contributed by atoms with Gasteiger partial charge in [0.15, 0.2) is 7.11 Å². The van der Waals surface area contributed by atoms with Gasteiger partial charge in [-0.05, 0) is 56.6 Å². The summed E-state index contributed by atoms with van der Waals surface area (Å²) in [6.45, 7) is 4.20. The molecule has 8 heteroatoms. The number of anilines is 2. The first-order valence-electron chi connectivity index (χ1n) is 10.2.